The second kappa shape index (κ2) is 8.23. The second-order valence-electron chi connectivity index (χ2n) is 6.10. The fraction of sp³-hybridized carbons (Fsp3) is 0.250. The molecule has 0 unspecified atom stereocenters. The Labute approximate surface area is 151 Å². The van der Waals surface area contributed by atoms with E-state index in [0.717, 1.165) is 24.2 Å². The third-order valence-electron chi connectivity index (χ3n) is 4.03. The van der Waals surface area contributed by atoms with Crippen molar-refractivity contribution in [1.29, 1.82) is 0 Å². The van der Waals surface area contributed by atoms with Gasteiger partial charge in [-0.3, -0.25) is 4.79 Å². The average Bonchev–Trinajstić information content (AvgIpc) is 3.05. The number of carbonyl (C=O) groups is 1. The highest BCUT2D eigenvalue weighted by molar-refractivity contribution is 7.20. The molecule has 3 aromatic rings. The summed E-state index contributed by atoms with van der Waals surface area (Å²) in [6.07, 6.45) is 0.869. The van der Waals surface area contributed by atoms with E-state index in [4.69, 9.17) is 0 Å². The average molecular weight is 356 g/mol. The summed E-state index contributed by atoms with van der Waals surface area (Å²) in [5.41, 5.74) is 1.28. The predicted octanol–water partition coefficient (Wildman–Crippen LogP) is 4.29. The van der Waals surface area contributed by atoms with Crippen molar-refractivity contribution in [2.45, 2.75) is 13.0 Å². The van der Waals surface area contributed by atoms with Crippen molar-refractivity contribution in [1.82, 2.24) is 10.2 Å². The Morgan fingerprint density at radius 3 is 2.72 bits per heavy atom. The van der Waals surface area contributed by atoms with Crippen LogP contribution in [0.2, 0.25) is 0 Å². The number of hydrogen-bond acceptors (Lipinski definition) is 3. The molecule has 25 heavy (non-hydrogen) atoms. The zero-order valence-electron chi connectivity index (χ0n) is 14.2. The van der Waals surface area contributed by atoms with E-state index < -0.39 is 0 Å². The smallest absolute Gasteiger partial charge is 0.261 e. The molecule has 0 saturated heterocycles. The minimum atomic E-state index is -0.282. The minimum absolute atomic E-state index is 0.133. The van der Waals surface area contributed by atoms with Crippen LogP contribution in [0.4, 0.5) is 4.39 Å². The van der Waals surface area contributed by atoms with Crippen LogP contribution in [0.15, 0.2) is 54.6 Å². The largest absolute Gasteiger partial charge is 0.351 e. The number of hydrogen-bond donors (Lipinski definition) is 1. The second-order valence-corrected chi connectivity index (χ2v) is 7.18. The van der Waals surface area contributed by atoms with Crippen molar-refractivity contribution in [3.05, 3.63) is 70.9 Å². The van der Waals surface area contributed by atoms with Gasteiger partial charge < -0.3 is 10.2 Å². The third kappa shape index (κ3) is 4.65. The quantitative estimate of drug-likeness (QED) is 0.641. The van der Waals surface area contributed by atoms with Crippen LogP contribution in [0.1, 0.15) is 21.7 Å². The lowest BCUT2D eigenvalue weighted by Crippen LogP contribution is -2.27. The zero-order chi connectivity index (χ0) is 17.6. The molecule has 1 amide bonds. The van der Waals surface area contributed by atoms with Crippen LogP contribution in [0.5, 0.6) is 0 Å². The molecular formula is C20H21FN2OS. The van der Waals surface area contributed by atoms with Gasteiger partial charge in [0.1, 0.15) is 5.82 Å². The Morgan fingerprint density at radius 1 is 1.16 bits per heavy atom. The molecule has 1 aromatic heterocycles. The first-order chi connectivity index (χ1) is 12.1. The summed E-state index contributed by atoms with van der Waals surface area (Å²) in [7, 11) is 2.07. The van der Waals surface area contributed by atoms with Crippen LogP contribution in [0.3, 0.4) is 0 Å². The molecule has 0 bridgehead atoms. The molecule has 2 aromatic carbocycles. The van der Waals surface area contributed by atoms with E-state index in [1.807, 2.05) is 24.3 Å². The number of rotatable bonds is 7. The van der Waals surface area contributed by atoms with Gasteiger partial charge in [0, 0.05) is 23.2 Å². The first kappa shape index (κ1) is 17.6. The highest BCUT2D eigenvalue weighted by Gasteiger charge is 2.12. The van der Waals surface area contributed by atoms with Gasteiger partial charge in [-0.05, 0) is 43.8 Å². The SMILES string of the molecule is CN(CCCNC(=O)c1cc2c(F)cccc2s1)Cc1ccccc1. The van der Waals surface area contributed by atoms with Gasteiger partial charge in [0.05, 0.1) is 4.88 Å². The van der Waals surface area contributed by atoms with E-state index in [1.54, 1.807) is 12.1 Å². The molecule has 0 aliphatic heterocycles. The number of benzene rings is 2. The molecule has 3 nitrogen and oxygen atoms in total. The molecule has 0 radical (unpaired) electrons. The van der Waals surface area contributed by atoms with E-state index in [1.165, 1.54) is 23.0 Å². The van der Waals surface area contributed by atoms with E-state index in [2.05, 4.69) is 29.4 Å². The zero-order valence-corrected chi connectivity index (χ0v) is 15.0. The lowest BCUT2D eigenvalue weighted by molar-refractivity contribution is 0.0956. The van der Waals surface area contributed by atoms with Crippen LogP contribution in [-0.2, 0) is 6.54 Å². The highest BCUT2D eigenvalue weighted by atomic mass is 32.1. The molecule has 0 fully saturated rings. The minimum Gasteiger partial charge on any atom is -0.351 e. The fourth-order valence-electron chi connectivity index (χ4n) is 2.75. The van der Waals surface area contributed by atoms with Gasteiger partial charge in [-0.25, -0.2) is 4.39 Å². The Kier molecular flexibility index (Phi) is 5.79. The summed E-state index contributed by atoms with van der Waals surface area (Å²) >= 11 is 1.32. The third-order valence-corrected chi connectivity index (χ3v) is 5.13. The number of amides is 1. The number of carbonyl (C=O) groups excluding carboxylic acids is 1. The van der Waals surface area contributed by atoms with Crippen molar-refractivity contribution < 1.29 is 9.18 Å². The van der Waals surface area contributed by atoms with Crippen LogP contribution in [0.25, 0.3) is 10.1 Å². The van der Waals surface area contributed by atoms with Crippen LogP contribution < -0.4 is 5.32 Å². The summed E-state index contributed by atoms with van der Waals surface area (Å²) in [4.78, 5) is 15.0. The number of nitrogens with zero attached hydrogens (tertiary/aromatic N) is 1. The lowest BCUT2D eigenvalue weighted by Gasteiger charge is -2.16. The van der Waals surface area contributed by atoms with E-state index >= 15 is 0 Å². The summed E-state index contributed by atoms with van der Waals surface area (Å²) in [6, 6.07) is 16.9. The van der Waals surface area contributed by atoms with Gasteiger partial charge in [-0.15, -0.1) is 11.3 Å². The van der Waals surface area contributed by atoms with Gasteiger partial charge in [0.2, 0.25) is 0 Å². The monoisotopic (exact) mass is 356 g/mol. The van der Waals surface area contributed by atoms with Gasteiger partial charge in [0.15, 0.2) is 0 Å². The standard InChI is InChI=1S/C20H21FN2OS/c1-23(14-15-7-3-2-4-8-15)12-6-11-22-20(24)19-13-16-17(21)9-5-10-18(16)25-19/h2-5,7-10,13H,6,11-12,14H2,1H3,(H,22,24). The van der Waals surface area contributed by atoms with Gasteiger partial charge in [-0.1, -0.05) is 36.4 Å². The predicted molar refractivity (Wildman–Crippen MR) is 102 cm³/mol. The fourth-order valence-corrected chi connectivity index (χ4v) is 3.74. The molecular weight excluding hydrogens is 335 g/mol. The molecule has 0 saturated carbocycles. The maximum Gasteiger partial charge on any atom is 0.261 e. The van der Waals surface area contributed by atoms with Crippen molar-refractivity contribution in [3.8, 4) is 0 Å². The topological polar surface area (TPSA) is 32.3 Å². The van der Waals surface area contributed by atoms with Crippen molar-refractivity contribution in [2.75, 3.05) is 20.1 Å². The Balaban J connectivity index is 1.45. The Bertz CT molecular complexity index is 847. The number of fused-ring (bicyclic) bond motifs is 1. The molecule has 1 N–H and O–H groups in total. The van der Waals surface area contributed by atoms with E-state index in [0.29, 0.717) is 16.8 Å². The van der Waals surface area contributed by atoms with Crippen LogP contribution >= 0.6 is 11.3 Å². The number of halogens is 1. The number of nitrogens with one attached hydrogen (secondary N) is 1. The van der Waals surface area contributed by atoms with Crippen LogP contribution in [0, 0.1) is 5.82 Å². The van der Waals surface area contributed by atoms with Crippen molar-refractivity contribution in [3.63, 3.8) is 0 Å². The van der Waals surface area contributed by atoms with E-state index in [-0.39, 0.29) is 11.7 Å². The molecule has 130 valence electrons. The highest BCUT2D eigenvalue weighted by Crippen LogP contribution is 2.27. The van der Waals surface area contributed by atoms with E-state index in [9.17, 15) is 9.18 Å². The number of thiophene rings is 1. The first-order valence-electron chi connectivity index (χ1n) is 8.32. The molecule has 3 rings (SSSR count). The first-order valence-corrected chi connectivity index (χ1v) is 9.14. The summed E-state index contributed by atoms with van der Waals surface area (Å²) in [5, 5.41) is 3.44. The maximum atomic E-state index is 13.7. The van der Waals surface area contributed by atoms with Gasteiger partial charge >= 0.3 is 0 Å². The van der Waals surface area contributed by atoms with Crippen molar-refractivity contribution >= 4 is 27.3 Å². The summed E-state index contributed by atoms with van der Waals surface area (Å²) in [6.45, 7) is 2.40. The maximum absolute atomic E-state index is 13.7. The Hall–Kier alpha value is -2.24. The molecule has 0 aliphatic carbocycles. The Morgan fingerprint density at radius 2 is 1.96 bits per heavy atom. The molecule has 1 heterocycles. The summed E-state index contributed by atoms with van der Waals surface area (Å²) < 4.78 is 14.5. The molecule has 0 spiro atoms. The normalized spacial score (nSPS) is 11.2. The molecule has 0 atom stereocenters. The van der Waals surface area contributed by atoms with Crippen LogP contribution in [-0.4, -0.2) is 30.9 Å². The molecule has 0 aliphatic rings. The summed E-state index contributed by atoms with van der Waals surface area (Å²) in [5.74, 6) is -0.415. The lowest BCUT2D eigenvalue weighted by atomic mass is 10.2. The van der Waals surface area contributed by atoms with Gasteiger partial charge in [-0.2, -0.15) is 0 Å². The molecule has 5 heteroatoms. The van der Waals surface area contributed by atoms with Gasteiger partial charge in [0.25, 0.3) is 5.91 Å². The van der Waals surface area contributed by atoms with Crippen molar-refractivity contribution in [2.24, 2.45) is 0 Å².